The Morgan fingerprint density at radius 1 is 0.311 bits per heavy atom. The smallest absolute Gasteiger partial charge is 0.306 e. The molecule has 0 spiro atoms. The van der Waals surface area contributed by atoms with Gasteiger partial charge in [0, 0.05) is 12.8 Å². The summed E-state index contributed by atoms with van der Waals surface area (Å²) in [5.74, 6) is -0.589. The highest BCUT2D eigenvalue weighted by molar-refractivity contribution is 5.70. The van der Waals surface area contributed by atoms with Crippen LogP contribution in [0, 0.1) is 0 Å². The monoisotopic (exact) mass is 1020 g/mol. The molecule has 0 rings (SSSR count). The summed E-state index contributed by atoms with van der Waals surface area (Å²) in [5.41, 5.74) is 0. The molecule has 1 atom stereocenters. The Balaban J connectivity index is 3.49. The zero-order valence-corrected chi connectivity index (χ0v) is 48.3. The van der Waals surface area contributed by atoms with Crippen molar-refractivity contribution in [2.75, 3.05) is 13.2 Å². The van der Waals surface area contributed by atoms with Crippen LogP contribution < -0.4 is 0 Å². The number of rotatable bonds is 56. The van der Waals surface area contributed by atoms with Gasteiger partial charge in [0.05, 0.1) is 6.61 Å². The van der Waals surface area contributed by atoms with Crippen molar-refractivity contribution in [2.45, 2.75) is 290 Å². The Morgan fingerprint density at radius 3 is 0.811 bits per heavy atom. The Morgan fingerprint density at radius 2 is 0.541 bits per heavy atom. The van der Waals surface area contributed by atoms with E-state index in [2.05, 4.69) is 135 Å². The van der Waals surface area contributed by atoms with Gasteiger partial charge in [-0.25, -0.2) is 0 Å². The second-order valence-electron chi connectivity index (χ2n) is 20.4. The lowest BCUT2D eigenvalue weighted by atomic mass is 10.0. The van der Waals surface area contributed by atoms with Crippen molar-refractivity contribution in [3.05, 3.63) is 122 Å². The van der Waals surface area contributed by atoms with Crippen LogP contribution in [0.2, 0.25) is 0 Å². The van der Waals surface area contributed by atoms with Crippen LogP contribution in [0.25, 0.3) is 0 Å². The fourth-order valence-electron chi connectivity index (χ4n) is 8.67. The number of carbonyl (C=O) groups is 2. The minimum Gasteiger partial charge on any atom is -0.462 e. The number of allylic oxidation sites excluding steroid dienone is 20. The van der Waals surface area contributed by atoms with Crippen LogP contribution in [-0.4, -0.2) is 36.4 Å². The maximum atomic E-state index is 12.3. The quantitative estimate of drug-likeness (QED) is 0.0373. The molecule has 0 aromatic rings. The first kappa shape index (κ1) is 70.3. The largest absolute Gasteiger partial charge is 0.462 e. The first-order valence-corrected chi connectivity index (χ1v) is 31.1. The van der Waals surface area contributed by atoms with Gasteiger partial charge in [-0.1, -0.05) is 289 Å². The van der Waals surface area contributed by atoms with Crippen LogP contribution >= 0.6 is 0 Å². The molecule has 0 amide bonds. The molecule has 0 radical (unpaired) electrons. The molecule has 0 aliphatic heterocycles. The number of hydrogen-bond donors (Lipinski definition) is 1. The van der Waals surface area contributed by atoms with Gasteiger partial charge in [0.25, 0.3) is 0 Å². The summed E-state index contributed by atoms with van der Waals surface area (Å²) >= 11 is 0. The molecule has 0 saturated heterocycles. The van der Waals surface area contributed by atoms with Gasteiger partial charge in [-0.2, -0.15) is 0 Å². The van der Waals surface area contributed by atoms with E-state index in [0.29, 0.717) is 12.8 Å². The minimum absolute atomic E-state index is 0.0703. The molecule has 422 valence electrons. The van der Waals surface area contributed by atoms with Crippen LogP contribution in [0.4, 0.5) is 0 Å². The van der Waals surface area contributed by atoms with Crippen molar-refractivity contribution in [2.24, 2.45) is 0 Å². The zero-order valence-electron chi connectivity index (χ0n) is 48.3. The molecule has 1 unspecified atom stereocenters. The van der Waals surface area contributed by atoms with Crippen LogP contribution in [0.3, 0.4) is 0 Å². The Labute approximate surface area is 458 Å². The van der Waals surface area contributed by atoms with E-state index < -0.39 is 6.10 Å². The SMILES string of the molecule is CC/C=C\C/C=C\C/C=C\C/C=C\C/C=C\CCCCCCCCCCCCCCCCCC(=O)OC(CO)COC(=O)CCCCCCCCCCCCCCC/C=C\C/C=C\C/C=C\C/C=C\C/C=C\CC. The number of hydrogen-bond acceptors (Lipinski definition) is 5. The lowest BCUT2D eigenvalue weighted by Gasteiger charge is -2.15. The summed E-state index contributed by atoms with van der Waals surface area (Å²) in [6, 6.07) is 0. The van der Waals surface area contributed by atoms with Crippen LogP contribution in [0.15, 0.2) is 122 Å². The Kier molecular flexibility index (Phi) is 60.4. The molecule has 0 saturated carbocycles. The molecule has 0 fully saturated rings. The van der Waals surface area contributed by atoms with Crippen molar-refractivity contribution < 1.29 is 24.2 Å². The molecule has 0 aromatic carbocycles. The molecule has 5 heteroatoms. The number of unbranched alkanes of at least 4 members (excludes halogenated alkanes) is 28. The highest BCUT2D eigenvalue weighted by atomic mass is 16.6. The second kappa shape index (κ2) is 63.6. The van der Waals surface area contributed by atoms with Gasteiger partial charge in [0.15, 0.2) is 6.10 Å². The van der Waals surface area contributed by atoms with E-state index in [4.69, 9.17) is 9.47 Å². The number of aliphatic hydroxyl groups is 1. The summed E-state index contributed by atoms with van der Waals surface area (Å²) in [7, 11) is 0. The molecule has 74 heavy (non-hydrogen) atoms. The van der Waals surface area contributed by atoms with Gasteiger partial charge >= 0.3 is 11.9 Å². The lowest BCUT2D eigenvalue weighted by Crippen LogP contribution is -2.28. The molecule has 1 N–H and O–H groups in total. The van der Waals surface area contributed by atoms with Crippen LogP contribution in [-0.2, 0) is 19.1 Å². The molecular weight excluding hydrogens is 909 g/mol. The normalized spacial score (nSPS) is 13.1. The first-order chi connectivity index (χ1) is 36.6. The topological polar surface area (TPSA) is 72.8 Å². The van der Waals surface area contributed by atoms with E-state index in [1.165, 1.54) is 154 Å². The zero-order chi connectivity index (χ0) is 53.4. The fourth-order valence-corrected chi connectivity index (χ4v) is 8.67. The number of carbonyl (C=O) groups excluding carboxylic acids is 2. The summed E-state index contributed by atoms with van der Waals surface area (Å²) in [6.07, 6.45) is 93.3. The third-order valence-corrected chi connectivity index (χ3v) is 13.3. The molecule has 5 nitrogen and oxygen atoms in total. The predicted octanol–water partition coefficient (Wildman–Crippen LogP) is 21.4. The number of ether oxygens (including phenoxy) is 2. The van der Waals surface area contributed by atoms with E-state index in [1.54, 1.807) is 0 Å². The highest BCUT2D eigenvalue weighted by Gasteiger charge is 2.16. The summed E-state index contributed by atoms with van der Waals surface area (Å²) in [6.45, 7) is 3.93. The molecule has 0 heterocycles. The van der Waals surface area contributed by atoms with Crippen molar-refractivity contribution in [1.29, 1.82) is 0 Å². The third-order valence-electron chi connectivity index (χ3n) is 13.3. The third kappa shape index (κ3) is 60.9. The molecule has 0 bridgehead atoms. The molecule has 0 aromatic heterocycles. The molecule has 0 aliphatic rings. The van der Waals surface area contributed by atoms with Crippen molar-refractivity contribution in [1.82, 2.24) is 0 Å². The standard InChI is InChI=1S/C69H116O5/c1-3-5-7-9-11-13-15-17-19-21-23-25-27-29-31-33-34-36-38-40-42-44-46-48-50-52-54-56-58-60-62-64-69(72)74-67(65-70)66-73-68(71)63-61-59-57-55-53-51-49-47-45-43-41-39-37-35-32-30-28-26-24-22-20-18-16-14-12-10-8-6-4-2/h5-8,11-14,17-20,23-26,29-32,67,70H,3-4,9-10,15-16,21-22,27-28,33-66H2,1-2H3/b7-5-,8-6-,13-11-,14-12-,19-17-,20-18-,25-23-,26-24-,31-29-,32-30-. The summed E-state index contributed by atoms with van der Waals surface area (Å²) in [5, 5.41) is 9.68. The van der Waals surface area contributed by atoms with Gasteiger partial charge in [0.2, 0.25) is 0 Å². The van der Waals surface area contributed by atoms with Crippen molar-refractivity contribution in [3.8, 4) is 0 Å². The van der Waals surface area contributed by atoms with Gasteiger partial charge in [-0.15, -0.1) is 0 Å². The van der Waals surface area contributed by atoms with E-state index in [9.17, 15) is 14.7 Å². The van der Waals surface area contributed by atoms with E-state index >= 15 is 0 Å². The maximum absolute atomic E-state index is 12.3. The average Bonchev–Trinajstić information content (AvgIpc) is 3.40. The Hall–Kier alpha value is -3.70. The average molecular weight is 1030 g/mol. The summed E-state index contributed by atoms with van der Waals surface area (Å²) < 4.78 is 10.7. The van der Waals surface area contributed by atoms with E-state index in [0.717, 1.165) is 103 Å². The van der Waals surface area contributed by atoms with Gasteiger partial charge in [0.1, 0.15) is 6.61 Å². The van der Waals surface area contributed by atoms with Crippen LogP contribution in [0.5, 0.6) is 0 Å². The second-order valence-corrected chi connectivity index (χ2v) is 20.4. The maximum Gasteiger partial charge on any atom is 0.306 e. The van der Waals surface area contributed by atoms with Gasteiger partial charge in [-0.3, -0.25) is 9.59 Å². The van der Waals surface area contributed by atoms with Crippen molar-refractivity contribution >= 4 is 11.9 Å². The summed E-state index contributed by atoms with van der Waals surface area (Å²) in [4.78, 5) is 24.6. The minimum atomic E-state index is -0.780. The lowest BCUT2D eigenvalue weighted by molar-refractivity contribution is -0.161. The molecular formula is C69H116O5. The van der Waals surface area contributed by atoms with Crippen LogP contribution in [0.1, 0.15) is 284 Å². The van der Waals surface area contributed by atoms with Gasteiger partial charge in [-0.05, 0) is 103 Å². The van der Waals surface area contributed by atoms with Crippen molar-refractivity contribution in [3.63, 3.8) is 0 Å². The predicted molar refractivity (Wildman–Crippen MR) is 325 cm³/mol. The van der Waals surface area contributed by atoms with Gasteiger partial charge < -0.3 is 14.6 Å². The number of aliphatic hydroxyl groups excluding tert-OH is 1. The highest BCUT2D eigenvalue weighted by Crippen LogP contribution is 2.16. The molecule has 0 aliphatic carbocycles. The van der Waals surface area contributed by atoms with E-state index in [1.807, 2.05) is 0 Å². The Bertz CT molecular complexity index is 1490. The fraction of sp³-hybridized carbons (Fsp3) is 0.681. The number of esters is 2. The van der Waals surface area contributed by atoms with E-state index in [-0.39, 0.29) is 25.2 Å². The first-order valence-electron chi connectivity index (χ1n) is 31.1.